The second-order valence-corrected chi connectivity index (χ2v) is 5.79. The summed E-state index contributed by atoms with van der Waals surface area (Å²) in [7, 11) is 0. The highest BCUT2D eigenvalue weighted by atomic mass is 35.5. The number of aromatic nitrogens is 2. The third kappa shape index (κ3) is 3.06. The van der Waals surface area contributed by atoms with Gasteiger partial charge in [0.15, 0.2) is 0 Å². The highest BCUT2D eigenvalue weighted by Gasteiger charge is 2.21. The molecule has 0 aromatic carbocycles. The first kappa shape index (κ1) is 12.7. The summed E-state index contributed by atoms with van der Waals surface area (Å²) in [6.45, 7) is 0. The van der Waals surface area contributed by atoms with Crippen molar-refractivity contribution in [1.82, 2.24) is 9.97 Å². The lowest BCUT2D eigenvalue weighted by Gasteiger charge is -2.09. The summed E-state index contributed by atoms with van der Waals surface area (Å²) in [5, 5.41) is 18.8. The molecule has 1 aliphatic rings. The van der Waals surface area contributed by atoms with Gasteiger partial charge in [-0.1, -0.05) is 0 Å². The Hall–Kier alpha value is -0.330. The summed E-state index contributed by atoms with van der Waals surface area (Å²) in [5.74, 6) is 2.05. The number of rotatable bonds is 2. The molecule has 0 unspecified atom stereocenters. The monoisotopic (exact) mass is 266 g/mol. The predicted octanol–water partition coefficient (Wildman–Crippen LogP) is 1.66. The lowest BCUT2D eigenvalue weighted by molar-refractivity contribution is 0.410. The van der Waals surface area contributed by atoms with Crippen LogP contribution >= 0.6 is 35.9 Å². The molecule has 4 nitrogen and oxygen atoms in total. The number of hydrogen-bond acceptors (Lipinski definition) is 6. The summed E-state index contributed by atoms with van der Waals surface area (Å²) in [4.78, 5) is 7.30. The van der Waals surface area contributed by atoms with Gasteiger partial charge in [-0.2, -0.15) is 0 Å². The van der Waals surface area contributed by atoms with Gasteiger partial charge in [-0.25, -0.2) is 9.97 Å². The van der Waals surface area contributed by atoms with Crippen LogP contribution < -0.4 is 0 Å². The van der Waals surface area contributed by atoms with E-state index in [2.05, 4.69) is 9.97 Å². The van der Waals surface area contributed by atoms with Crippen molar-refractivity contribution in [1.29, 1.82) is 0 Å². The summed E-state index contributed by atoms with van der Waals surface area (Å²) >= 11 is 3.68. The van der Waals surface area contributed by atoms with Gasteiger partial charge in [0.2, 0.25) is 11.8 Å². The van der Waals surface area contributed by atoms with Gasteiger partial charge in [0, 0.05) is 17.9 Å². The van der Waals surface area contributed by atoms with Gasteiger partial charge >= 0.3 is 0 Å². The molecule has 1 saturated heterocycles. The molecule has 0 saturated carbocycles. The maximum absolute atomic E-state index is 9.42. The van der Waals surface area contributed by atoms with Gasteiger partial charge in [-0.05, 0) is 0 Å². The van der Waals surface area contributed by atoms with Gasteiger partial charge in [0.25, 0.3) is 0 Å². The quantitative estimate of drug-likeness (QED) is 0.849. The molecule has 0 radical (unpaired) electrons. The van der Waals surface area contributed by atoms with Crippen molar-refractivity contribution in [2.24, 2.45) is 0 Å². The molecule has 1 aromatic heterocycles. The molecule has 0 aliphatic carbocycles. The Labute approximate surface area is 102 Å². The smallest absolute Gasteiger partial charge is 0.221 e. The molecular formula is C8H11ClN2O2S2. The molecule has 0 spiro atoms. The molecule has 0 atom stereocenters. The molecule has 1 aliphatic heterocycles. The maximum Gasteiger partial charge on any atom is 0.221 e. The van der Waals surface area contributed by atoms with E-state index in [0.29, 0.717) is 16.6 Å². The highest BCUT2D eigenvalue weighted by molar-refractivity contribution is 8.20. The molecule has 2 rings (SSSR count). The molecule has 0 bridgehead atoms. The summed E-state index contributed by atoms with van der Waals surface area (Å²) in [5.41, 5.74) is 0.458. The zero-order valence-corrected chi connectivity index (χ0v) is 10.2. The third-order valence-electron chi connectivity index (χ3n) is 1.96. The van der Waals surface area contributed by atoms with E-state index in [4.69, 9.17) is 0 Å². The highest BCUT2D eigenvalue weighted by Crippen LogP contribution is 2.37. The van der Waals surface area contributed by atoms with Crippen LogP contribution in [0.4, 0.5) is 0 Å². The van der Waals surface area contributed by atoms with Crippen molar-refractivity contribution >= 4 is 35.9 Å². The number of hydrogen-bond donors (Lipinski definition) is 2. The first-order valence-electron chi connectivity index (χ1n) is 4.22. The first-order valence-corrected chi connectivity index (χ1v) is 6.32. The van der Waals surface area contributed by atoms with Crippen LogP contribution in [0, 0.1) is 0 Å². The van der Waals surface area contributed by atoms with E-state index in [1.54, 1.807) is 0 Å². The normalized spacial score (nSPS) is 16.3. The van der Waals surface area contributed by atoms with Gasteiger partial charge in [-0.15, -0.1) is 35.9 Å². The topological polar surface area (TPSA) is 66.2 Å². The lowest BCUT2D eigenvalue weighted by atomic mass is 10.2. The van der Waals surface area contributed by atoms with Crippen LogP contribution in [0.1, 0.15) is 5.56 Å². The Morgan fingerprint density at radius 1 is 1.20 bits per heavy atom. The van der Waals surface area contributed by atoms with Crippen LogP contribution in [0.5, 0.6) is 11.8 Å². The van der Waals surface area contributed by atoms with Gasteiger partial charge in [0.05, 0.1) is 10.1 Å². The minimum atomic E-state index is -0.106. The Kier molecular flexibility index (Phi) is 4.82. The molecule has 1 aromatic rings. The maximum atomic E-state index is 9.42. The molecule has 0 amide bonds. The van der Waals surface area contributed by atoms with Crippen LogP contribution in [-0.2, 0) is 6.42 Å². The number of aromatic hydroxyl groups is 2. The van der Waals surface area contributed by atoms with E-state index >= 15 is 0 Å². The molecule has 7 heteroatoms. The van der Waals surface area contributed by atoms with E-state index in [1.807, 2.05) is 23.5 Å². The zero-order chi connectivity index (χ0) is 9.97. The van der Waals surface area contributed by atoms with Crippen molar-refractivity contribution < 1.29 is 10.2 Å². The zero-order valence-electron chi connectivity index (χ0n) is 7.79. The van der Waals surface area contributed by atoms with Crippen molar-refractivity contribution in [2.75, 3.05) is 11.5 Å². The van der Waals surface area contributed by atoms with E-state index in [1.165, 1.54) is 0 Å². The van der Waals surface area contributed by atoms with Crippen molar-refractivity contribution in [3.63, 3.8) is 0 Å². The standard InChI is InChI=1S/C8H10N2O2S2.ClH/c11-7-5(8(12)10-4-9-7)3-6-13-1-2-14-6;/h4,6H,1-3H2,(H2,9,10,11,12);1H. The largest absolute Gasteiger partial charge is 0.493 e. The van der Waals surface area contributed by atoms with E-state index in [-0.39, 0.29) is 24.2 Å². The van der Waals surface area contributed by atoms with Crippen LogP contribution in [0.15, 0.2) is 6.33 Å². The van der Waals surface area contributed by atoms with E-state index in [9.17, 15) is 10.2 Å². The molecule has 15 heavy (non-hydrogen) atoms. The van der Waals surface area contributed by atoms with Crippen LogP contribution in [0.25, 0.3) is 0 Å². The Morgan fingerprint density at radius 3 is 2.27 bits per heavy atom. The Bertz CT molecular complexity index is 314. The molecular weight excluding hydrogens is 256 g/mol. The fraction of sp³-hybridized carbons (Fsp3) is 0.500. The number of halogens is 1. The fourth-order valence-electron chi connectivity index (χ4n) is 1.27. The fourth-order valence-corrected chi connectivity index (χ4v) is 4.10. The van der Waals surface area contributed by atoms with Gasteiger partial charge in [-0.3, -0.25) is 0 Å². The summed E-state index contributed by atoms with van der Waals surface area (Å²) < 4.78 is 0.401. The van der Waals surface area contributed by atoms with Crippen LogP contribution in [0.3, 0.4) is 0 Å². The van der Waals surface area contributed by atoms with E-state index < -0.39 is 0 Å². The Morgan fingerprint density at radius 2 is 1.73 bits per heavy atom. The van der Waals surface area contributed by atoms with Crippen LogP contribution in [-0.4, -0.2) is 36.3 Å². The lowest BCUT2D eigenvalue weighted by Crippen LogP contribution is -2.00. The minimum Gasteiger partial charge on any atom is -0.493 e. The molecule has 1 fully saturated rings. The average molecular weight is 267 g/mol. The summed E-state index contributed by atoms with van der Waals surface area (Å²) in [6, 6.07) is 0. The van der Waals surface area contributed by atoms with E-state index in [0.717, 1.165) is 17.8 Å². The van der Waals surface area contributed by atoms with Gasteiger partial charge < -0.3 is 10.2 Å². The molecule has 2 N–H and O–H groups in total. The molecule has 84 valence electrons. The second-order valence-electron chi connectivity index (χ2n) is 2.87. The molecule has 2 heterocycles. The first-order chi connectivity index (χ1) is 6.77. The number of thioether (sulfide) groups is 2. The van der Waals surface area contributed by atoms with Crippen molar-refractivity contribution in [3.05, 3.63) is 11.9 Å². The minimum absolute atomic E-state index is 0. The number of nitrogens with zero attached hydrogens (tertiary/aromatic N) is 2. The average Bonchev–Trinajstić information content (AvgIpc) is 2.64. The van der Waals surface area contributed by atoms with Crippen LogP contribution in [0.2, 0.25) is 0 Å². The summed E-state index contributed by atoms with van der Waals surface area (Å²) in [6.07, 6.45) is 1.77. The predicted molar refractivity (Wildman–Crippen MR) is 65.0 cm³/mol. The third-order valence-corrected chi connectivity index (χ3v) is 4.99. The SMILES string of the molecule is Cl.Oc1ncnc(O)c1CC1SCCS1. The second kappa shape index (κ2) is 5.67. The van der Waals surface area contributed by atoms with Crippen molar-refractivity contribution in [2.45, 2.75) is 11.0 Å². The van der Waals surface area contributed by atoms with Gasteiger partial charge in [0.1, 0.15) is 6.33 Å². The van der Waals surface area contributed by atoms with Crippen molar-refractivity contribution in [3.8, 4) is 11.8 Å². The Balaban J connectivity index is 0.00000112.